The first kappa shape index (κ1) is 18.6. The number of amides is 2. The number of carbonyl (C=O) groups excluding carboxylic acids is 2. The maximum absolute atomic E-state index is 13.0. The molecule has 1 saturated carbocycles. The van der Waals surface area contributed by atoms with Crippen LogP contribution in [0.5, 0.6) is 0 Å². The highest BCUT2D eigenvalue weighted by Crippen LogP contribution is 2.38. The normalized spacial score (nSPS) is 18.9. The van der Waals surface area contributed by atoms with Crippen LogP contribution in [0.15, 0.2) is 47.1 Å². The highest BCUT2D eigenvalue weighted by atomic mass is 16.3. The van der Waals surface area contributed by atoms with Crippen LogP contribution < -0.4 is 5.32 Å². The highest BCUT2D eigenvalue weighted by molar-refractivity contribution is 6.00. The summed E-state index contributed by atoms with van der Waals surface area (Å²) < 4.78 is 5.24. The number of hydrogen-bond donors (Lipinski definition) is 2. The van der Waals surface area contributed by atoms with E-state index in [0.717, 1.165) is 37.1 Å². The van der Waals surface area contributed by atoms with E-state index >= 15 is 0 Å². The molecule has 1 aliphatic heterocycles. The number of nitrogens with zero attached hydrogens (tertiary/aromatic N) is 3. The zero-order chi connectivity index (χ0) is 20.5. The molecule has 8 heteroatoms. The molecular weight excluding hydrogens is 382 g/mol. The van der Waals surface area contributed by atoms with Crippen LogP contribution in [0.2, 0.25) is 0 Å². The maximum Gasteiger partial charge on any atom is 0.290 e. The van der Waals surface area contributed by atoms with Gasteiger partial charge in [-0.05, 0) is 56.4 Å². The Labute approximate surface area is 173 Å². The number of aromatic nitrogens is 3. The number of benzene rings is 1. The van der Waals surface area contributed by atoms with Gasteiger partial charge in [0.05, 0.1) is 6.26 Å². The molecule has 0 spiro atoms. The van der Waals surface area contributed by atoms with E-state index in [-0.39, 0.29) is 17.6 Å². The first-order chi connectivity index (χ1) is 14.7. The van der Waals surface area contributed by atoms with E-state index in [2.05, 4.69) is 20.5 Å². The van der Waals surface area contributed by atoms with Gasteiger partial charge in [-0.15, -0.1) is 0 Å². The number of likely N-dealkylation sites (tertiary alicyclic amines) is 1. The molecule has 2 amide bonds. The average molecular weight is 405 g/mol. The molecule has 3 heterocycles. The summed E-state index contributed by atoms with van der Waals surface area (Å²) in [6.45, 7) is 0.540. The molecule has 2 N–H and O–H groups in total. The van der Waals surface area contributed by atoms with E-state index in [1.807, 2.05) is 24.3 Å². The van der Waals surface area contributed by atoms with Gasteiger partial charge in [0.15, 0.2) is 11.6 Å². The van der Waals surface area contributed by atoms with Crippen LogP contribution in [-0.2, 0) is 4.79 Å². The predicted octanol–water partition coefficient (Wildman–Crippen LogP) is 3.58. The quantitative estimate of drug-likeness (QED) is 0.675. The monoisotopic (exact) mass is 405 g/mol. The van der Waals surface area contributed by atoms with Crippen molar-refractivity contribution in [3.63, 3.8) is 0 Å². The molecule has 0 bridgehead atoms. The largest absolute Gasteiger partial charge is 0.459 e. The third-order valence-electron chi connectivity index (χ3n) is 5.65. The van der Waals surface area contributed by atoms with Gasteiger partial charge < -0.3 is 14.6 Å². The van der Waals surface area contributed by atoms with Crippen LogP contribution in [0.25, 0.3) is 11.4 Å². The topological polar surface area (TPSA) is 104 Å². The van der Waals surface area contributed by atoms with E-state index in [9.17, 15) is 9.59 Å². The van der Waals surface area contributed by atoms with Gasteiger partial charge in [0.1, 0.15) is 11.9 Å². The van der Waals surface area contributed by atoms with E-state index in [1.165, 1.54) is 6.26 Å². The van der Waals surface area contributed by atoms with Gasteiger partial charge in [0, 0.05) is 23.7 Å². The van der Waals surface area contributed by atoms with Crippen molar-refractivity contribution in [2.24, 2.45) is 0 Å². The molecule has 154 valence electrons. The summed E-state index contributed by atoms with van der Waals surface area (Å²) in [6.07, 6.45) is 6.18. The molecule has 0 radical (unpaired) electrons. The van der Waals surface area contributed by atoms with Gasteiger partial charge in [0.25, 0.3) is 5.91 Å². The second kappa shape index (κ2) is 7.78. The zero-order valence-corrected chi connectivity index (χ0v) is 16.5. The molecule has 1 saturated heterocycles. The maximum atomic E-state index is 13.0. The lowest BCUT2D eigenvalue weighted by Crippen LogP contribution is -2.49. The summed E-state index contributed by atoms with van der Waals surface area (Å²) >= 11 is 0. The summed E-state index contributed by atoms with van der Waals surface area (Å²) in [7, 11) is 0. The minimum absolute atomic E-state index is 0.194. The van der Waals surface area contributed by atoms with Crippen LogP contribution in [0.1, 0.15) is 54.4 Å². The summed E-state index contributed by atoms with van der Waals surface area (Å²) in [5, 5.41) is 10.3. The van der Waals surface area contributed by atoms with Gasteiger partial charge >= 0.3 is 0 Å². The molecule has 1 atom stereocenters. The van der Waals surface area contributed by atoms with Crippen molar-refractivity contribution >= 4 is 17.5 Å². The molecule has 1 unspecified atom stereocenters. The minimum atomic E-state index is -0.523. The molecule has 30 heavy (non-hydrogen) atoms. The van der Waals surface area contributed by atoms with Crippen molar-refractivity contribution in [1.29, 1.82) is 0 Å². The number of hydrogen-bond acceptors (Lipinski definition) is 5. The number of carbonyl (C=O) groups is 2. The first-order valence-electron chi connectivity index (χ1n) is 10.4. The number of anilines is 1. The predicted molar refractivity (Wildman–Crippen MR) is 110 cm³/mol. The first-order valence-corrected chi connectivity index (χ1v) is 10.4. The second-order valence-corrected chi connectivity index (χ2v) is 7.88. The molecule has 3 aromatic rings. The van der Waals surface area contributed by atoms with E-state index < -0.39 is 6.04 Å². The molecule has 2 aliphatic rings. The van der Waals surface area contributed by atoms with Crippen LogP contribution >= 0.6 is 0 Å². The van der Waals surface area contributed by atoms with Crippen molar-refractivity contribution in [2.45, 2.75) is 44.1 Å². The Bertz CT molecular complexity index is 1050. The number of rotatable bonds is 5. The fourth-order valence-electron chi connectivity index (χ4n) is 3.89. The second-order valence-electron chi connectivity index (χ2n) is 7.88. The Hall–Kier alpha value is -3.42. The molecule has 5 rings (SSSR count). The van der Waals surface area contributed by atoms with Crippen LogP contribution in [0.3, 0.4) is 0 Å². The van der Waals surface area contributed by atoms with E-state index in [1.54, 1.807) is 17.0 Å². The standard InChI is InChI=1S/C22H23N5O3/c28-21(17-7-1-2-11-27(17)22(29)18-8-4-12-30-18)23-16-6-3-5-15(13-16)20-24-19(25-26-20)14-9-10-14/h3-6,8,12-14,17H,1-2,7,9-11H2,(H,23,28)(H,24,25,26). The molecule has 2 aromatic heterocycles. The van der Waals surface area contributed by atoms with Gasteiger partial charge in [-0.3, -0.25) is 14.7 Å². The Morgan fingerprint density at radius 2 is 2.03 bits per heavy atom. The summed E-state index contributed by atoms with van der Waals surface area (Å²) in [5.74, 6) is 1.86. The Balaban J connectivity index is 1.31. The fraction of sp³-hybridized carbons (Fsp3) is 0.364. The number of H-pyrrole nitrogens is 1. The fourth-order valence-corrected chi connectivity index (χ4v) is 3.89. The molecular formula is C22H23N5O3. The smallest absolute Gasteiger partial charge is 0.290 e. The van der Waals surface area contributed by atoms with Crippen LogP contribution in [0, 0.1) is 0 Å². The highest BCUT2D eigenvalue weighted by Gasteiger charge is 2.33. The number of furan rings is 1. The molecule has 8 nitrogen and oxygen atoms in total. The molecule has 1 aliphatic carbocycles. The van der Waals surface area contributed by atoms with Gasteiger partial charge in [-0.25, -0.2) is 4.98 Å². The average Bonchev–Trinajstić information content (AvgIpc) is 3.27. The minimum Gasteiger partial charge on any atom is -0.459 e. The third-order valence-corrected chi connectivity index (χ3v) is 5.65. The lowest BCUT2D eigenvalue weighted by Gasteiger charge is -2.34. The Morgan fingerprint density at radius 3 is 2.83 bits per heavy atom. The number of nitrogens with one attached hydrogen (secondary N) is 2. The summed E-state index contributed by atoms with van der Waals surface area (Å²) in [6, 6.07) is 10.3. The van der Waals surface area contributed by atoms with Crippen molar-refractivity contribution in [1.82, 2.24) is 20.1 Å². The van der Waals surface area contributed by atoms with Crippen molar-refractivity contribution in [3.8, 4) is 11.4 Å². The number of aromatic amines is 1. The van der Waals surface area contributed by atoms with E-state index in [4.69, 9.17) is 4.42 Å². The number of piperidine rings is 1. The van der Waals surface area contributed by atoms with Crippen LogP contribution in [-0.4, -0.2) is 44.5 Å². The van der Waals surface area contributed by atoms with Gasteiger partial charge in [-0.2, -0.15) is 5.10 Å². The van der Waals surface area contributed by atoms with E-state index in [0.29, 0.717) is 30.4 Å². The SMILES string of the molecule is O=C(Nc1cccc(-c2n[nH]c(C3CC3)n2)c1)C1CCCCN1C(=O)c1ccco1. The lowest BCUT2D eigenvalue weighted by atomic mass is 10.0. The lowest BCUT2D eigenvalue weighted by molar-refractivity contribution is -0.121. The Morgan fingerprint density at radius 1 is 1.13 bits per heavy atom. The third kappa shape index (κ3) is 3.72. The summed E-state index contributed by atoms with van der Waals surface area (Å²) in [5.41, 5.74) is 1.49. The van der Waals surface area contributed by atoms with Crippen molar-refractivity contribution in [2.75, 3.05) is 11.9 Å². The van der Waals surface area contributed by atoms with Crippen molar-refractivity contribution in [3.05, 3.63) is 54.2 Å². The van der Waals surface area contributed by atoms with Gasteiger partial charge in [-0.1, -0.05) is 12.1 Å². The zero-order valence-electron chi connectivity index (χ0n) is 16.5. The van der Waals surface area contributed by atoms with Crippen LogP contribution in [0.4, 0.5) is 5.69 Å². The Kier molecular flexibility index (Phi) is 4.82. The summed E-state index contributed by atoms with van der Waals surface area (Å²) in [4.78, 5) is 32.0. The van der Waals surface area contributed by atoms with Gasteiger partial charge in [0.2, 0.25) is 5.91 Å². The molecule has 2 fully saturated rings. The molecule has 1 aromatic carbocycles. The van der Waals surface area contributed by atoms with Crippen molar-refractivity contribution < 1.29 is 14.0 Å².